The number of nitrogens with zero attached hydrogens (tertiary/aromatic N) is 1. The standard InChI is InChI=1S/C15H19F3N2O/c1-4-9-10-7-20(13(21)15(16,17)18)8-14(2,3)11(10)5-6-12(9)19/h5-6H,4,7-8,19H2,1-3H3. The molecular formula is C15H19F3N2O. The zero-order chi connectivity index (χ0) is 16.0. The van der Waals surface area contributed by atoms with Gasteiger partial charge in [0.1, 0.15) is 0 Å². The molecule has 21 heavy (non-hydrogen) atoms. The molecule has 0 aliphatic carbocycles. The summed E-state index contributed by atoms with van der Waals surface area (Å²) >= 11 is 0. The molecule has 0 atom stereocenters. The number of rotatable bonds is 1. The van der Waals surface area contributed by atoms with E-state index in [2.05, 4.69) is 0 Å². The van der Waals surface area contributed by atoms with E-state index in [1.165, 1.54) is 0 Å². The fraction of sp³-hybridized carbons (Fsp3) is 0.533. The third kappa shape index (κ3) is 2.71. The number of fused-ring (bicyclic) bond motifs is 1. The SMILES string of the molecule is CCc1c(N)ccc2c1CN(C(=O)C(F)(F)F)CC2(C)C. The van der Waals surface area contributed by atoms with Crippen LogP contribution in [0.25, 0.3) is 0 Å². The van der Waals surface area contributed by atoms with Crippen molar-refractivity contribution in [3.8, 4) is 0 Å². The Balaban J connectivity index is 2.52. The summed E-state index contributed by atoms with van der Waals surface area (Å²) < 4.78 is 38.1. The summed E-state index contributed by atoms with van der Waals surface area (Å²) in [7, 11) is 0. The molecule has 116 valence electrons. The van der Waals surface area contributed by atoms with E-state index in [0.29, 0.717) is 12.1 Å². The highest BCUT2D eigenvalue weighted by Crippen LogP contribution is 2.38. The first-order valence-electron chi connectivity index (χ1n) is 6.84. The predicted octanol–water partition coefficient (Wildman–Crippen LogP) is 3.01. The average Bonchev–Trinajstić information content (AvgIpc) is 2.35. The summed E-state index contributed by atoms with van der Waals surface area (Å²) in [4.78, 5) is 12.4. The second-order valence-corrected chi connectivity index (χ2v) is 6.06. The molecule has 1 aromatic carbocycles. The van der Waals surface area contributed by atoms with Gasteiger partial charge in [-0.05, 0) is 29.2 Å². The Morgan fingerprint density at radius 2 is 2.00 bits per heavy atom. The van der Waals surface area contributed by atoms with Gasteiger partial charge in [-0.15, -0.1) is 0 Å². The summed E-state index contributed by atoms with van der Waals surface area (Å²) in [6.45, 7) is 5.61. The first-order chi connectivity index (χ1) is 9.58. The summed E-state index contributed by atoms with van der Waals surface area (Å²) in [5, 5.41) is 0. The second-order valence-electron chi connectivity index (χ2n) is 6.06. The molecule has 2 rings (SSSR count). The van der Waals surface area contributed by atoms with E-state index >= 15 is 0 Å². The lowest BCUT2D eigenvalue weighted by Crippen LogP contribution is -2.49. The fourth-order valence-corrected chi connectivity index (χ4v) is 3.08. The number of carbonyl (C=O) groups is 1. The Hall–Kier alpha value is -1.72. The van der Waals surface area contributed by atoms with Gasteiger partial charge in [0.15, 0.2) is 0 Å². The van der Waals surface area contributed by atoms with Gasteiger partial charge in [0.05, 0.1) is 0 Å². The van der Waals surface area contributed by atoms with Gasteiger partial charge < -0.3 is 10.6 Å². The Kier molecular flexibility index (Phi) is 3.68. The van der Waals surface area contributed by atoms with Crippen LogP contribution in [0.15, 0.2) is 12.1 Å². The van der Waals surface area contributed by atoms with E-state index in [1.807, 2.05) is 26.8 Å². The number of nitrogen functional groups attached to an aromatic ring is 1. The zero-order valence-electron chi connectivity index (χ0n) is 12.3. The number of hydrogen-bond donors (Lipinski definition) is 1. The molecule has 2 N–H and O–H groups in total. The van der Waals surface area contributed by atoms with Gasteiger partial charge in [0.2, 0.25) is 0 Å². The minimum Gasteiger partial charge on any atom is -0.398 e. The molecule has 3 nitrogen and oxygen atoms in total. The molecule has 0 saturated heterocycles. The molecule has 0 radical (unpaired) electrons. The number of halogens is 3. The first-order valence-corrected chi connectivity index (χ1v) is 6.84. The number of alkyl halides is 3. The number of hydrogen-bond acceptors (Lipinski definition) is 2. The molecule has 1 heterocycles. The number of benzene rings is 1. The van der Waals surface area contributed by atoms with Crippen molar-refractivity contribution < 1.29 is 18.0 Å². The van der Waals surface area contributed by atoms with Crippen molar-refractivity contribution in [2.45, 2.75) is 45.3 Å². The van der Waals surface area contributed by atoms with Crippen LogP contribution in [0.2, 0.25) is 0 Å². The summed E-state index contributed by atoms with van der Waals surface area (Å²) in [5.74, 6) is -1.79. The smallest absolute Gasteiger partial charge is 0.398 e. The summed E-state index contributed by atoms with van der Waals surface area (Å²) in [6.07, 6.45) is -4.22. The number of nitrogens with two attached hydrogens (primary N) is 1. The van der Waals surface area contributed by atoms with Crippen molar-refractivity contribution in [3.05, 3.63) is 28.8 Å². The van der Waals surface area contributed by atoms with Crippen LogP contribution in [0.1, 0.15) is 37.5 Å². The van der Waals surface area contributed by atoms with Crippen molar-refractivity contribution in [2.24, 2.45) is 0 Å². The van der Waals surface area contributed by atoms with Gasteiger partial charge in [0.25, 0.3) is 0 Å². The van der Waals surface area contributed by atoms with Gasteiger partial charge >= 0.3 is 12.1 Å². The van der Waals surface area contributed by atoms with Crippen molar-refractivity contribution >= 4 is 11.6 Å². The fourth-order valence-electron chi connectivity index (χ4n) is 3.08. The van der Waals surface area contributed by atoms with E-state index in [1.54, 1.807) is 6.07 Å². The molecule has 1 amide bonds. The Morgan fingerprint density at radius 1 is 1.38 bits per heavy atom. The van der Waals surface area contributed by atoms with Crippen LogP contribution in [0.3, 0.4) is 0 Å². The third-order valence-electron chi connectivity index (χ3n) is 4.01. The Morgan fingerprint density at radius 3 is 2.52 bits per heavy atom. The maximum Gasteiger partial charge on any atom is 0.471 e. The van der Waals surface area contributed by atoms with Gasteiger partial charge in [-0.3, -0.25) is 4.79 Å². The van der Waals surface area contributed by atoms with Crippen LogP contribution < -0.4 is 5.73 Å². The van der Waals surface area contributed by atoms with E-state index in [9.17, 15) is 18.0 Å². The van der Waals surface area contributed by atoms with Gasteiger partial charge in [-0.2, -0.15) is 13.2 Å². The minimum absolute atomic E-state index is 0.0364. The lowest BCUT2D eigenvalue weighted by Gasteiger charge is -2.41. The van der Waals surface area contributed by atoms with Gasteiger partial charge in [0, 0.05) is 24.2 Å². The molecule has 0 fully saturated rings. The highest BCUT2D eigenvalue weighted by Gasteiger charge is 2.46. The normalized spacial score (nSPS) is 17.5. The zero-order valence-corrected chi connectivity index (χ0v) is 12.3. The maximum atomic E-state index is 12.7. The molecule has 1 aliphatic heterocycles. The number of anilines is 1. The molecule has 0 aromatic heterocycles. The predicted molar refractivity (Wildman–Crippen MR) is 74.7 cm³/mol. The molecule has 1 aliphatic rings. The maximum absolute atomic E-state index is 12.7. The third-order valence-corrected chi connectivity index (χ3v) is 4.01. The molecule has 0 unspecified atom stereocenters. The first kappa shape index (κ1) is 15.7. The lowest BCUT2D eigenvalue weighted by atomic mass is 9.76. The van der Waals surface area contributed by atoms with Crippen LogP contribution in [-0.4, -0.2) is 23.5 Å². The highest BCUT2D eigenvalue weighted by molar-refractivity contribution is 5.82. The second kappa shape index (κ2) is 4.93. The molecule has 6 heteroatoms. The summed E-state index contributed by atoms with van der Waals surface area (Å²) in [6, 6.07) is 3.65. The van der Waals surface area contributed by atoms with E-state index < -0.39 is 17.5 Å². The lowest BCUT2D eigenvalue weighted by molar-refractivity contribution is -0.187. The number of carbonyl (C=O) groups excluding carboxylic acids is 1. The topological polar surface area (TPSA) is 46.3 Å². The molecular weight excluding hydrogens is 281 g/mol. The molecule has 0 spiro atoms. The van der Waals surface area contributed by atoms with E-state index in [-0.39, 0.29) is 13.1 Å². The van der Waals surface area contributed by atoms with Crippen LogP contribution in [-0.2, 0) is 23.2 Å². The summed E-state index contributed by atoms with van der Waals surface area (Å²) in [5.41, 5.74) is 8.51. The largest absolute Gasteiger partial charge is 0.471 e. The quantitative estimate of drug-likeness (QED) is 0.810. The van der Waals surface area contributed by atoms with Crippen LogP contribution >= 0.6 is 0 Å². The van der Waals surface area contributed by atoms with Gasteiger partial charge in [-0.25, -0.2) is 0 Å². The molecule has 0 saturated carbocycles. The van der Waals surface area contributed by atoms with Crippen LogP contribution in [0, 0.1) is 0 Å². The van der Waals surface area contributed by atoms with E-state index in [4.69, 9.17) is 5.73 Å². The Labute approximate surface area is 121 Å². The van der Waals surface area contributed by atoms with Crippen molar-refractivity contribution in [3.63, 3.8) is 0 Å². The van der Waals surface area contributed by atoms with E-state index in [0.717, 1.165) is 21.6 Å². The average molecular weight is 300 g/mol. The van der Waals surface area contributed by atoms with Crippen molar-refractivity contribution in [2.75, 3.05) is 12.3 Å². The minimum atomic E-state index is -4.85. The Bertz CT molecular complexity index is 579. The van der Waals surface area contributed by atoms with Crippen molar-refractivity contribution in [1.82, 2.24) is 4.90 Å². The number of amides is 1. The van der Waals surface area contributed by atoms with Crippen LogP contribution in [0.5, 0.6) is 0 Å². The van der Waals surface area contributed by atoms with Crippen LogP contribution in [0.4, 0.5) is 18.9 Å². The molecule has 1 aromatic rings. The monoisotopic (exact) mass is 300 g/mol. The highest BCUT2D eigenvalue weighted by atomic mass is 19.4. The van der Waals surface area contributed by atoms with Gasteiger partial charge in [-0.1, -0.05) is 26.8 Å². The molecule has 0 bridgehead atoms. The van der Waals surface area contributed by atoms with Crippen molar-refractivity contribution in [1.29, 1.82) is 0 Å².